The SMILES string of the molecule is CCNc1cc(NCc2sccc2C)nc(CC)n1. The zero-order valence-electron chi connectivity index (χ0n) is 11.7. The molecule has 0 atom stereocenters. The highest BCUT2D eigenvalue weighted by molar-refractivity contribution is 7.10. The molecule has 0 aliphatic heterocycles. The van der Waals surface area contributed by atoms with Gasteiger partial charge in [0.15, 0.2) is 0 Å². The van der Waals surface area contributed by atoms with Crippen molar-refractivity contribution < 1.29 is 0 Å². The van der Waals surface area contributed by atoms with Gasteiger partial charge in [-0.05, 0) is 30.9 Å². The maximum absolute atomic E-state index is 4.51. The average Bonchev–Trinajstić information content (AvgIpc) is 2.82. The molecule has 2 heterocycles. The Labute approximate surface area is 118 Å². The molecular formula is C14H20N4S. The Bertz CT molecular complexity index is 536. The molecule has 2 N–H and O–H groups in total. The number of thiophene rings is 1. The number of hydrogen-bond donors (Lipinski definition) is 2. The van der Waals surface area contributed by atoms with Crippen LogP contribution in [0.25, 0.3) is 0 Å². The Morgan fingerprint density at radius 1 is 1.16 bits per heavy atom. The van der Waals surface area contributed by atoms with Crippen molar-refractivity contribution in [3.05, 3.63) is 33.8 Å². The molecule has 19 heavy (non-hydrogen) atoms. The Hall–Kier alpha value is -1.62. The van der Waals surface area contributed by atoms with Crippen LogP contribution in [0, 0.1) is 6.92 Å². The van der Waals surface area contributed by atoms with Crippen LogP contribution in [0.2, 0.25) is 0 Å². The smallest absolute Gasteiger partial charge is 0.132 e. The van der Waals surface area contributed by atoms with Gasteiger partial charge in [0.05, 0.1) is 6.54 Å². The second-order valence-corrected chi connectivity index (χ2v) is 5.32. The van der Waals surface area contributed by atoms with Gasteiger partial charge in [-0.2, -0.15) is 0 Å². The van der Waals surface area contributed by atoms with Gasteiger partial charge in [0.25, 0.3) is 0 Å². The van der Waals surface area contributed by atoms with Crippen molar-refractivity contribution in [1.29, 1.82) is 0 Å². The highest BCUT2D eigenvalue weighted by Gasteiger charge is 2.04. The zero-order chi connectivity index (χ0) is 13.7. The van der Waals surface area contributed by atoms with Crippen LogP contribution in [0.1, 0.15) is 30.1 Å². The van der Waals surface area contributed by atoms with Crippen molar-refractivity contribution in [2.24, 2.45) is 0 Å². The Kier molecular flexibility index (Phi) is 4.74. The number of rotatable bonds is 6. The van der Waals surface area contributed by atoms with Gasteiger partial charge in [0.2, 0.25) is 0 Å². The Balaban J connectivity index is 2.10. The normalized spacial score (nSPS) is 10.5. The zero-order valence-corrected chi connectivity index (χ0v) is 12.5. The summed E-state index contributed by atoms with van der Waals surface area (Å²) < 4.78 is 0. The fraction of sp³-hybridized carbons (Fsp3) is 0.429. The molecule has 102 valence electrons. The molecule has 0 saturated carbocycles. The molecule has 0 aromatic carbocycles. The molecule has 0 spiro atoms. The van der Waals surface area contributed by atoms with Crippen molar-refractivity contribution in [2.75, 3.05) is 17.2 Å². The molecule has 2 aromatic heterocycles. The molecule has 0 aliphatic carbocycles. The topological polar surface area (TPSA) is 49.8 Å². The van der Waals surface area contributed by atoms with E-state index in [0.717, 1.165) is 37.0 Å². The quantitative estimate of drug-likeness (QED) is 0.848. The van der Waals surface area contributed by atoms with E-state index in [4.69, 9.17) is 0 Å². The molecule has 0 radical (unpaired) electrons. The number of nitrogens with zero attached hydrogens (tertiary/aromatic N) is 2. The number of anilines is 2. The molecule has 0 saturated heterocycles. The minimum atomic E-state index is 0.815. The van der Waals surface area contributed by atoms with E-state index in [2.05, 4.69) is 52.8 Å². The lowest BCUT2D eigenvalue weighted by atomic mass is 10.3. The monoisotopic (exact) mass is 276 g/mol. The number of hydrogen-bond acceptors (Lipinski definition) is 5. The molecule has 2 rings (SSSR count). The van der Waals surface area contributed by atoms with E-state index in [1.54, 1.807) is 11.3 Å². The molecule has 0 amide bonds. The fourth-order valence-electron chi connectivity index (χ4n) is 1.77. The third-order valence-electron chi connectivity index (χ3n) is 2.84. The second-order valence-electron chi connectivity index (χ2n) is 4.32. The van der Waals surface area contributed by atoms with Crippen LogP contribution in [0.15, 0.2) is 17.5 Å². The van der Waals surface area contributed by atoms with Gasteiger partial charge < -0.3 is 10.6 Å². The summed E-state index contributed by atoms with van der Waals surface area (Å²) in [4.78, 5) is 10.3. The van der Waals surface area contributed by atoms with E-state index in [0.29, 0.717) is 0 Å². The van der Waals surface area contributed by atoms with Crippen molar-refractivity contribution in [3.63, 3.8) is 0 Å². The Morgan fingerprint density at radius 2 is 1.89 bits per heavy atom. The average molecular weight is 276 g/mol. The molecule has 4 nitrogen and oxygen atoms in total. The summed E-state index contributed by atoms with van der Waals surface area (Å²) in [7, 11) is 0. The lowest BCUT2D eigenvalue weighted by Crippen LogP contribution is -2.07. The van der Waals surface area contributed by atoms with Gasteiger partial charge in [-0.3, -0.25) is 0 Å². The summed E-state index contributed by atoms with van der Waals surface area (Å²) in [6.07, 6.45) is 0.839. The van der Waals surface area contributed by atoms with Crippen molar-refractivity contribution in [2.45, 2.75) is 33.7 Å². The van der Waals surface area contributed by atoms with Gasteiger partial charge in [-0.25, -0.2) is 9.97 Å². The van der Waals surface area contributed by atoms with Gasteiger partial charge >= 0.3 is 0 Å². The molecule has 0 aliphatic rings. The van der Waals surface area contributed by atoms with Crippen molar-refractivity contribution >= 4 is 23.0 Å². The van der Waals surface area contributed by atoms with Crippen LogP contribution < -0.4 is 10.6 Å². The maximum atomic E-state index is 4.51. The third-order valence-corrected chi connectivity index (χ3v) is 3.87. The van der Waals surface area contributed by atoms with E-state index >= 15 is 0 Å². The lowest BCUT2D eigenvalue weighted by Gasteiger charge is -2.09. The lowest BCUT2D eigenvalue weighted by molar-refractivity contribution is 0.930. The second kappa shape index (κ2) is 6.52. The van der Waals surface area contributed by atoms with Gasteiger partial charge in [-0.1, -0.05) is 6.92 Å². The molecule has 5 heteroatoms. The fourth-order valence-corrected chi connectivity index (χ4v) is 2.62. The first-order chi connectivity index (χ1) is 9.22. The standard InChI is InChI=1S/C14H20N4S/c1-4-12-17-13(15-5-2)8-14(18-12)16-9-11-10(3)6-7-19-11/h6-8H,4-5,9H2,1-3H3,(H2,15,16,17,18). The van der Waals surface area contributed by atoms with Gasteiger partial charge in [0.1, 0.15) is 17.5 Å². The van der Waals surface area contributed by atoms with Crippen LogP contribution in [0.3, 0.4) is 0 Å². The minimum Gasteiger partial charge on any atom is -0.370 e. The van der Waals surface area contributed by atoms with Crippen LogP contribution in [-0.2, 0) is 13.0 Å². The Morgan fingerprint density at radius 3 is 2.47 bits per heavy atom. The summed E-state index contributed by atoms with van der Waals surface area (Å²) in [6.45, 7) is 7.95. The highest BCUT2D eigenvalue weighted by atomic mass is 32.1. The summed E-state index contributed by atoms with van der Waals surface area (Å²) in [5.41, 5.74) is 1.33. The predicted octanol–water partition coefficient (Wildman–Crippen LogP) is 3.45. The molecule has 0 unspecified atom stereocenters. The van der Waals surface area contributed by atoms with Crippen LogP contribution in [0.5, 0.6) is 0 Å². The molecule has 0 fully saturated rings. The molecular weight excluding hydrogens is 256 g/mol. The summed E-state index contributed by atoms with van der Waals surface area (Å²) in [5, 5.41) is 8.74. The molecule has 0 bridgehead atoms. The van der Waals surface area contributed by atoms with Crippen LogP contribution in [0.4, 0.5) is 11.6 Å². The minimum absolute atomic E-state index is 0.815. The summed E-state index contributed by atoms with van der Waals surface area (Å²) in [5.74, 6) is 2.64. The summed E-state index contributed by atoms with van der Waals surface area (Å²) in [6, 6.07) is 4.11. The van der Waals surface area contributed by atoms with Gasteiger partial charge in [-0.15, -0.1) is 11.3 Å². The van der Waals surface area contributed by atoms with E-state index in [-0.39, 0.29) is 0 Å². The number of nitrogens with one attached hydrogen (secondary N) is 2. The largest absolute Gasteiger partial charge is 0.370 e. The highest BCUT2D eigenvalue weighted by Crippen LogP contribution is 2.18. The predicted molar refractivity (Wildman–Crippen MR) is 82.0 cm³/mol. The van der Waals surface area contributed by atoms with Gasteiger partial charge in [0, 0.05) is 23.9 Å². The number of aromatic nitrogens is 2. The first kappa shape index (κ1) is 13.8. The number of aryl methyl sites for hydroxylation is 2. The van der Waals surface area contributed by atoms with Crippen LogP contribution >= 0.6 is 11.3 Å². The van der Waals surface area contributed by atoms with E-state index in [1.807, 2.05) is 6.07 Å². The summed E-state index contributed by atoms with van der Waals surface area (Å²) >= 11 is 1.77. The maximum Gasteiger partial charge on any atom is 0.132 e. The first-order valence-electron chi connectivity index (χ1n) is 6.61. The van der Waals surface area contributed by atoms with Crippen LogP contribution in [-0.4, -0.2) is 16.5 Å². The first-order valence-corrected chi connectivity index (χ1v) is 7.49. The van der Waals surface area contributed by atoms with Crippen molar-refractivity contribution in [1.82, 2.24) is 9.97 Å². The van der Waals surface area contributed by atoms with Crippen molar-refractivity contribution in [3.8, 4) is 0 Å². The van der Waals surface area contributed by atoms with E-state index in [9.17, 15) is 0 Å². The third kappa shape index (κ3) is 3.67. The van der Waals surface area contributed by atoms with E-state index < -0.39 is 0 Å². The molecule has 2 aromatic rings. The van der Waals surface area contributed by atoms with E-state index in [1.165, 1.54) is 10.4 Å².